The van der Waals surface area contributed by atoms with Crippen molar-refractivity contribution in [3.05, 3.63) is 12.0 Å². The van der Waals surface area contributed by atoms with Gasteiger partial charge in [-0.2, -0.15) is 4.31 Å². The normalized spacial score (nSPS) is 16.8. The first-order chi connectivity index (χ1) is 8.96. The molecule has 5 nitrogen and oxygen atoms in total. The summed E-state index contributed by atoms with van der Waals surface area (Å²) in [5, 5.41) is 0.987. The molecule has 0 aromatic carbocycles. The number of aromatic nitrogens is 2. The van der Waals surface area contributed by atoms with E-state index in [1.54, 1.807) is 15.1 Å². The van der Waals surface area contributed by atoms with Gasteiger partial charge >= 0.3 is 0 Å². The number of halogens is 1. The predicted octanol–water partition coefficient (Wildman–Crippen LogP) is 2.06. The standard InChI is InChI=1S/C12H20BrN3O2S/c1-10-14-12(9-15(10)2)19(17,18)16(8-4-7-13)11-5-3-6-11/h9,11H,3-8H2,1-2H3. The topological polar surface area (TPSA) is 55.2 Å². The van der Waals surface area contributed by atoms with Crippen LogP contribution in [0.3, 0.4) is 0 Å². The van der Waals surface area contributed by atoms with E-state index in [1.165, 1.54) is 0 Å². The van der Waals surface area contributed by atoms with Gasteiger partial charge in [0.1, 0.15) is 5.82 Å². The highest BCUT2D eigenvalue weighted by Gasteiger charge is 2.35. The fourth-order valence-corrected chi connectivity index (χ4v) is 4.16. The SMILES string of the molecule is Cc1nc(S(=O)(=O)N(CCCBr)C2CCC2)cn1C. The molecule has 7 heteroatoms. The van der Waals surface area contributed by atoms with E-state index < -0.39 is 10.0 Å². The number of aryl methyl sites for hydroxylation is 2. The first-order valence-corrected chi connectivity index (χ1v) is 9.10. The van der Waals surface area contributed by atoms with Gasteiger partial charge in [-0.05, 0) is 26.2 Å². The number of hydrogen-bond acceptors (Lipinski definition) is 3. The van der Waals surface area contributed by atoms with Crippen molar-refractivity contribution in [1.29, 1.82) is 0 Å². The van der Waals surface area contributed by atoms with E-state index in [-0.39, 0.29) is 11.1 Å². The number of nitrogens with zero attached hydrogens (tertiary/aromatic N) is 3. The minimum atomic E-state index is -3.45. The quantitative estimate of drug-likeness (QED) is 0.738. The molecule has 0 aliphatic heterocycles. The molecule has 1 aromatic heterocycles. The zero-order valence-electron chi connectivity index (χ0n) is 11.3. The molecule has 0 radical (unpaired) electrons. The van der Waals surface area contributed by atoms with Crippen molar-refractivity contribution in [3.8, 4) is 0 Å². The second kappa shape index (κ2) is 5.93. The lowest BCUT2D eigenvalue weighted by atomic mass is 9.93. The largest absolute Gasteiger partial charge is 0.337 e. The van der Waals surface area contributed by atoms with Crippen molar-refractivity contribution >= 4 is 26.0 Å². The second-order valence-electron chi connectivity index (χ2n) is 4.98. The first-order valence-electron chi connectivity index (χ1n) is 6.54. The van der Waals surface area contributed by atoms with Crippen molar-refractivity contribution in [3.63, 3.8) is 0 Å². The van der Waals surface area contributed by atoms with Crippen LogP contribution in [-0.4, -0.2) is 40.2 Å². The van der Waals surface area contributed by atoms with Gasteiger partial charge in [-0.25, -0.2) is 13.4 Å². The molecule has 0 bridgehead atoms. The molecule has 0 unspecified atom stereocenters. The number of alkyl halides is 1. The van der Waals surface area contributed by atoms with Crippen molar-refractivity contribution in [2.24, 2.45) is 7.05 Å². The lowest BCUT2D eigenvalue weighted by molar-refractivity contribution is 0.219. The maximum Gasteiger partial charge on any atom is 0.262 e. The third kappa shape index (κ3) is 3.03. The molecule has 108 valence electrons. The lowest BCUT2D eigenvalue weighted by Gasteiger charge is -2.35. The van der Waals surface area contributed by atoms with Crippen LogP contribution >= 0.6 is 15.9 Å². The van der Waals surface area contributed by atoms with E-state index in [0.29, 0.717) is 12.4 Å². The molecule has 0 amide bonds. The van der Waals surface area contributed by atoms with Gasteiger partial charge in [0.25, 0.3) is 10.0 Å². The fraction of sp³-hybridized carbons (Fsp3) is 0.750. The average molecular weight is 350 g/mol. The van der Waals surface area contributed by atoms with Crippen LogP contribution in [0.25, 0.3) is 0 Å². The summed E-state index contributed by atoms with van der Waals surface area (Å²) in [4.78, 5) is 4.17. The van der Waals surface area contributed by atoms with E-state index >= 15 is 0 Å². The van der Waals surface area contributed by atoms with Crippen LogP contribution in [0, 0.1) is 6.92 Å². The summed E-state index contributed by atoms with van der Waals surface area (Å²) in [6.45, 7) is 2.37. The molecule has 1 heterocycles. The summed E-state index contributed by atoms with van der Waals surface area (Å²) in [6.07, 6.45) is 5.47. The van der Waals surface area contributed by atoms with Gasteiger partial charge in [0.15, 0.2) is 5.03 Å². The summed E-state index contributed by atoms with van der Waals surface area (Å²) in [6, 6.07) is 0.159. The molecular formula is C12H20BrN3O2S. The average Bonchev–Trinajstić information content (AvgIpc) is 2.63. The third-order valence-corrected chi connectivity index (χ3v) is 6.04. The summed E-state index contributed by atoms with van der Waals surface area (Å²) in [5.74, 6) is 0.715. The van der Waals surface area contributed by atoms with Crippen molar-refractivity contribution in [2.75, 3.05) is 11.9 Å². The minimum Gasteiger partial charge on any atom is -0.337 e. The second-order valence-corrected chi connectivity index (χ2v) is 7.61. The molecule has 0 atom stereocenters. The Kier molecular flexibility index (Phi) is 4.68. The van der Waals surface area contributed by atoms with Crippen LogP contribution in [0.5, 0.6) is 0 Å². The van der Waals surface area contributed by atoms with Crippen molar-refractivity contribution < 1.29 is 8.42 Å². The molecule has 1 saturated carbocycles. The van der Waals surface area contributed by atoms with E-state index in [4.69, 9.17) is 0 Å². The monoisotopic (exact) mass is 349 g/mol. The molecule has 0 saturated heterocycles. The van der Waals surface area contributed by atoms with E-state index in [2.05, 4.69) is 20.9 Å². The van der Waals surface area contributed by atoms with Gasteiger partial charge in [0, 0.05) is 31.2 Å². The Morgan fingerprint density at radius 3 is 2.63 bits per heavy atom. The lowest BCUT2D eigenvalue weighted by Crippen LogP contribution is -2.44. The van der Waals surface area contributed by atoms with Crippen LogP contribution < -0.4 is 0 Å². The molecule has 1 aromatic rings. The Balaban J connectivity index is 2.27. The number of hydrogen-bond donors (Lipinski definition) is 0. The van der Waals surface area contributed by atoms with Gasteiger partial charge in [-0.3, -0.25) is 0 Å². The van der Waals surface area contributed by atoms with Gasteiger partial charge in [0.2, 0.25) is 0 Å². The smallest absolute Gasteiger partial charge is 0.262 e. The molecule has 2 rings (SSSR count). The zero-order valence-corrected chi connectivity index (χ0v) is 13.7. The van der Waals surface area contributed by atoms with Gasteiger partial charge < -0.3 is 4.57 Å². The molecule has 19 heavy (non-hydrogen) atoms. The van der Waals surface area contributed by atoms with Crippen LogP contribution in [0.4, 0.5) is 0 Å². The summed E-state index contributed by atoms with van der Waals surface area (Å²) in [5.41, 5.74) is 0. The van der Waals surface area contributed by atoms with Crippen molar-refractivity contribution in [2.45, 2.75) is 43.7 Å². The molecule has 1 aliphatic rings. The predicted molar refractivity (Wildman–Crippen MR) is 77.9 cm³/mol. The van der Waals surface area contributed by atoms with Crippen LogP contribution in [0.15, 0.2) is 11.2 Å². The fourth-order valence-electron chi connectivity index (χ4n) is 2.16. The van der Waals surface area contributed by atoms with Crippen LogP contribution in [-0.2, 0) is 17.1 Å². The Morgan fingerprint density at radius 2 is 2.21 bits per heavy atom. The van der Waals surface area contributed by atoms with E-state index in [9.17, 15) is 8.42 Å². The van der Waals surface area contributed by atoms with Gasteiger partial charge in [0.05, 0.1) is 0 Å². The number of rotatable bonds is 6. The Bertz CT molecular complexity index is 518. The summed E-state index contributed by atoms with van der Waals surface area (Å²) >= 11 is 3.36. The molecule has 1 fully saturated rings. The van der Waals surface area contributed by atoms with Crippen molar-refractivity contribution in [1.82, 2.24) is 13.9 Å². The Morgan fingerprint density at radius 1 is 1.53 bits per heavy atom. The minimum absolute atomic E-state index is 0.159. The summed E-state index contributed by atoms with van der Waals surface area (Å²) < 4.78 is 28.7. The Labute approximate surface area is 123 Å². The number of imidazole rings is 1. The summed E-state index contributed by atoms with van der Waals surface area (Å²) in [7, 11) is -1.64. The molecular weight excluding hydrogens is 330 g/mol. The van der Waals surface area contributed by atoms with E-state index in [0.717, 1.165) is 31.0 Å². The molecule has 0 N–H and O–H groups in total. The number of sulfonamides is 1. The van der Waals surface area contributed by atoms with Gasteiger partial charge in [-0.15, -0.1) is 0 Å². The zero-order chi connectivity index (χ0) is 14.0. The molecule has 1 aliphatic carbocycles. The van der Waals surface area contributed by atoms with Crippen LogP contribution in [0.2, 0.25) is 0 Å². The Hall–Kier alpha value is -0.400. The maximum absolute atomic E-state index is 12.7. The van der Waals surface area contributed by atoms with Crippen LogP contribution in [0.1, 0.15) is 31.5 Å². The molecule has 0 spiro atoms. The maximum atomic E-state index is 12.7. The highest BCUT2D eigenvalue weighted by atomic mass is 79.9. The highest BCUT2D eigenvalue weighted by molar-refractivity contribution is 9.09. The third-order valence-electron chi connectivity index (χ3n) is 3.65. The highest BCUT2D eigenvalue weighted by Crippen LogP contribution is 2.29. The van der Waals surface area contributed by atoms with Gasteiger partial charge in [-0.1, -0.05) is 22.4 Å². The first kappa shape index (κ1) is 15.0. The van der Waals surface area contributed by atoms with E-state index in [1.807, 2.05) is 14.0 Å².